The molecule has 1 heterocycles. The quantitative estimate of drug-likeness (QED) is 0.267. The number of nitrogens with one attached hydrogen (secondary N) is 2. The van der Waals surface area contributed by atoms with Gasteiger partial charge in [-0.05, 0) is 49.1 Å². The lowest BCUT2D eigenvalue weighted by molar-refractivity contribution is 0.607. The normalized spacial score (nSPS) is 12.2. The molecule has 0 spiro atoms. The van der Waals surface area contributed by atoms with Crippen molar-refractivity contribution in [1.82, 2.24) is 20.2 Å². The highest BCUT2D eigenvalue weighted by atomic mass is 127. The van der Waals surface area contributed by atoms with Crippen LogP contribution in [-0.4, -0.2) is 22.1 Å². The summed E-state index contributed by atoms with van der Waals surface area (Å²) in [4.78, 5) is 8.75. The van der Waals surface area contributed by atoms with Crippen LogP contribution in [0.5, 0.6) is 0 Å². The maximum absolute atomic E-state index is 13.9. The fourth-order valence-corrected chi connectivity index (χ4v) is 3.00. The smallest absolute Gasteiger partial charge is 0.192 e. The summed E-state index contributed by atoms with van der Waals surface area (Å²) in [5.41, 5.74) is 3.89. The van der Waals surface area contributed by atoms with Crippen LogP contribution in [0.2, 0.25) is 0 Å². The van der Waals surface area contributed by atoms with Crippen LogP contribution in [0, 0.1) is 12.7 Å². The summed E-state index contributed by atoms with van der Waals surface area (Å²) < 4.78 is 15.9. The van der Waals surface area contributed by atoms with E-state index in [2.05, 4.69) is 44.9 Å². The Morgan fingerprint density at radius 2 is 1.90 bits per heavy atom. The predicted octanol–water partition coefficient (Wildman–Crippen LogP) is 4.81. The van der Waals surface area contributed by atoms with Gasteiger partial charge in [-0.1, -0.05) is 36.4 Å². The molecule has 3 rings (SSSR count). The highest BCUT2D eigenvalue weighted by Gasteiger charge is 2.10. The molecule has 0 aliphatic carbocycles. The Morgan fingerprint density at radius 1 is 1.17 bits per heavy atom. The SMILES string of the molecule is CCNC(=NCc1ccc(Cn2ccnc2)cc1)NC(C)c1ccc(C)c(F)c1.I. The maximum atomic E-state index is 13.9. The summed E-state index contributed by atoms with van der Waals surface area (Å²) in [6, 6.07) is 13.7. The second-order valence-corrected chi connectivity index (χ2v) is 7.12. The molecular weight excluding hydrogens is 492 g/mol. The summed E-state index contributed by atoms with van der Waals surface area (Å²) in [6.07, 6.45) is 5.55. The van der Waals surface area contributed by atoms with Gasteiger partial charge in [0.25, 0.3) is 0 Å². The van der Waals surface area contributed by atoms with E-state index in [1.54, 1.807) is 25.3 Å². The third-order valence-corrected chi connectivity index (χ3v) is 4.76. The van der Waals surface area contributed by atoms with Crippen LogP contribution in [0.15, 0.2) is 66.2 Å². The number of aryl methyl sites for hydroxylation is 1. The van der Waals surface area contributed by atoms with E-state index in [1.807, 2.05) is 37.0 Å². The number of benzene rings is 2. The molecule has 0 aliphatic heterocycles. The van der Waals surface area contributed by atoms with E-state index < -0.39 is 0 Å². The van der Waals surface area contributed by atoms with E-state index in [9.17, 15) is 4.39 Å². The molecule has 0 radical (unpaired) electrons. The molecule has 5 nitrogen and oxygen atoms in total. The van der Waals surface area contributed by atoms with Crippen molar-refractivity contribution in [2.75, 3.05) is 6.54 Å². The van der Waals surface area contributed by atoms with Crippen molar-refractivity contribution in [3.63, 3.8) is 0 Å². The monoisotopic (exact) mass is 521 g/mol. The van der Waals surface area contributed by atoms with Gasteiger partial charge in [-0.2, -0.15) is 0 Å². The van der Waals surface area contributed by atoms with Crippen molar-refractivity contribution < 1.29 is 4.39 Å². The minimum absolute atomic E-state index is 0. The van der Waals surface area contributed by atoms with Crippen molar-refractivity contribution in [1.29, 1.82) is 0 Å². The lowest BCUT2D eigenvalue weighted by Crippen LogP contribution is -2.38. The summed E-state index contributed by atoms with van der Waals surface area (Å²) in [5.74, 6) is 0.525. The van der Waals surface area contributed by atoms with E-state index in [0.29, 0.717) is 18.1 Å². The fourth-order valence-electron chi connectivity index (χ4n) is 3.00. The van der Waals surface area contributed by atoms with Crippen molar-refractivity contribution in [2.24, 2.45) is 4.99 Å². The van der Waals surface area contributed by atoms with Crippen molar-refractivity contribution in [3.8, 4) is 0 Å². The Morgan fingerprint density at radius 3 is 2.53 bits per heavy atom. The van der Waals surface area contributed by atoms with Gasteiger partial charge in [0.15, 0.2) is 5.96 Å². The summed E-state index contributed by atoms with van der Waals surface area (Å²) in [6.45, 7) is 7.92. The molecule has 1 aromatic heterocycles. The second kappa shape index (κ2) is 11.7. The van der Waals surface area contributed by atoms with Crippen LogP contribution in [0.3, 0.4) is 0 Å². The first-order chi connectivity index (χ1) is 14.0. The van der Waals surface area contributed by atoms with Crippen LogP contribution in [0.25, 0.3) is 0 Å². The van der Waals surface area contributed by atoms with Crippen molar-refractivity contribution in [3.05, 3.63) is 89.3 Å². The van der Waals surface area contributed by atoms with E-state index >= 15 is 0 Å². The highest BCUT2D eigenvalue weighted by molar-refractivity contribution is 14.0. The topological polar surface area (TPSA) is 54.2 Å². The zero-order valence-electron chi connectivity index (χ0n) is 17.6. The van der Waals surface area contributed by atoms with Crippen molar-refractivity contribution >= 4 is 29.9 Å². The van der Waals surface area contributed by atoms with Gasteiger partial charge in [-0.3, -0.25) is 0 Å². The lowest BCUT2D eigenvalue weighted by atomic mass is 10.1. The molecule has 1 atom stereocenters. The van der Waals surface area contributed by atoms with E-state index in [1.165, 1.54) is 5.56 Å². The molecule has 2 N–H and O–H groups in total. The molecule has 0 bridgehead atoms. The molecule has 3 aromatic rings. The van der Waals surface area contributed by atoms with Crippen LogP contribution in [0.1, 0.15) is 42.1 Å². The number of guanidine groups is 1. The molecular formula is C23H29FIN5. The Labute approximate surface area is 194 Å². The largest absolute Gasteiger partial charge is 0.357 e. The lowest BCUT2D eigenvalue weighted by Gasteiger charge is -2.18. The summed E-state index contributed by atoms with van der Waals surface area (Å²) >= 11 is 0. The van der Waals surface area contributed by atoms with Gasteiger partial charge in [0.2, 0.25) is 0 Å². The summed E-state index contributed by atoms with van der Waals surface area (Å²) in [5, 5.41) is 6.61. The molecule has 0 saturated heterocycles. The molecule has 0 aliphatic rings. The standard InChI is InChI=1S/C23H28FN5.HI/c1-4-26-23(28-18(3)21-10-5-17(2)22(24)13-21)27-14-19-6-8-20(9-7-19)15-29-12-11-25-16-29;/h5-13,16,18H,4,14-15H2,1-3H3,(H2,26,27,28);1H. The Balaban J connectivity index is 0.00000320. The molecule has 30 heavy (non-hydrogen) atoms. The second-order valence-electron chi connectivity index (χ2n) is 7.12. The maximum Gasteiger partial charge on any atom is 0.192 e. The van der Waals surface area contributed by atoms with Crippen LogP contribution in [0.4, 0.5) is 4.39 Å². The first-order valence-electron chi connectivity index (χ1n) is 9.89. The number of aromatic nitrogens is 2. The Bertz CT molecular complexity index is 939. The van der Waals surface area contributed by atoms with E-state index in [-0.39, 0.29) is 35.8 Å². The first-order valence-corrected chi connectivity index (χ1v) is 9.89. The number of aliphatic imine (C=N–C) groups is 1. The minimum atomic E-state index is -0.186. The third-order valence-electron chi connectivity index (χ3n) is 4.76. The predicted molar refractivity (Wildman–Crippen MR) is 131 cm³/mol. The molecule has 0 fully saturated rings. The van der Waals surface area contributed by atoms with Gasteiger partial charge in [0.05, 0.1) is 18.9 Å². The number of imidazole rings is 1. The fraction of sp³-hybridized carbons (Fsp3) is 0.304. The molecule has 1 unspecified atom stereocenters. The van der Waals surface area contributed by atoms with E-state index in [4.69, 9.17) is 0 Å². The van der Waals surface area contributed by atoms with Gasteiger partial charge in [-0.25, -0.2) is 14.4 Å². The molecule has 7 heteroatoms. The van der Waals surface area contributed by atoms with Gasteiger partial charge in [-0.15, -0.1) is 24.0 Å². The zero-order chi connectivity index (χ0) is 20.6. The average molecular weight is 521 g/mol. The number of halogens is 2. The highest BCUT2D eigenvalue weighted by Crippen LogP contribution is 2.16. The van der Waals surface area contributed by atoms with Gasteiger partial charge in [0.1, 0.15) is 5.82 Å². The Hall–Kier alpha value is -2.42. The average Bonchev–Trinajstić information content (AvgIpc) is 3.22. The van der Waals surface area contributed by atoms with Crippen LogP contribution in [-0.2, 0) is 13.1 Å². The van der Waals surface area contributed by atoms with Crippen LogP contribution >= 0.6 is 24.0 Å². The number of nitrogens with zero attached hydrogens (tertiary/aromatic N) is 3. The Kier molecular flexibility index (Phi) is 9.29. The van der Waals surface area contributed by atoms with Crippen molar-refractivity contribution in [2.45, 2.75) is 39.9 Å². The van der Waals surface area contributed by atoms with Crippen LogP contribution < -0.4 is 10.6 Å². The van der Waals surface area contributed by atoms with Gasteiger partial charge < -0.3 is 15.2 Å². The molecule has 2 aromatic carbocycles. The summed E-state index contributed by atoms with van der Waals surface area (Å²) in [7, 11) is 0. The third kappa shape index (κ3) is 6.83. The zero-order valence-corrected chi connectivity index (χ0v) is 19.9. The number of hydrogen-bond acceptors (Lipinski definition) is 2. The molecule has 160 valence electrons. The van der Waals surface area contributed by atoms with Gasteiger partial charge >= 0.3 is 0 Å². The number of hydrogen-bond donors (Lipinski definition) is 2. The molecule has 0 amide bonds. The number of rotatable bonds is 7. The molecule has 0 saturated carbocycles. The minimum Gasteiger partial charge on any atom is -0.357 e. The first kappa shape index (κ1) is 23.9. The van der Waals surface area contributed by atoms with Gasteiger partial charge in [0, 0.05) is 25.5 Å². The van der Waals surface area contributed by atoms with E-state index in [0.717, 1.165) is 24.2 Å².